The molecule has 9 heteroatoms. The number of amides is 1. The lowest BCUT2D eigenvalue weighted by atomic mass is 9.91. The van der Waals surface area contributed by atoms with E-state index in [1.807, 2.05) is 19.0 Å². The highest BCUT2D eigenvalue weighted by atomic mass is 19.4. The fraction of sp³-hybridized carbons (Fsp3) is 0.588. The van der Waals surface area contributed by atoms with E-state index in [1.165, 1.54) is 6.07 Å². The van der Waals surface area contributed by atoms with Gasteiger partial charge in [-0.1, -0.05) is 20.8 Å². The lowest BCUT2D eigenvalue weighted by Gasteiger charge is -2.19. The summed E-state index contributed by atoms with van der Waals surface area (Å²) in [4.78, 5) is 18.4. The first-order valence-corrected chi connectivity index (χ1v) is 8.31. The van der Waals surface area contributed by atoms with Crippen LogP contribution >= 0.6 is 0 Å². The molecule has 0 aliphatic rings. The molecule has 0 atom stereocenters. The van der Waals surface area contributed by atoms with Gasteiger partial charge in [-0.2, -0.15) is 18.3 Å². The molecule has 0 aliphatic heterocycles. The summed E-state index contributed by atoms with van der Waals surface area (Å²) in [7, 11) is 3.84. The van der Waals surface area contributed by atoms with Crippen LogP contribution in [0.3, 0.4) is 0 Å². The first-order valence-electron chi connectivity index (χ1n) is 8.31. The molecule has 0 fully saturated rings. The van der Waals surface area contributed by atoms with E-state index in [-0.39, 0.29) is 17.0 Å². The standard InChI is InChI=1S/C17H24F3N5O/c1-16(2,3)12-10-13(17(18,19)20)25-14(22-12)9-11(23-25)15(26)21-7-6-8-24(4)5/h9-10H,6-8H2,1-5H3,(H,21,26). The van der Waals surface area contributed by atoms with E-state index in [0.717, 1.165) is 19.0 Å². The molecule has 2 heterocycles. The molecule has 0 bridgehead atoms. The Kier molecular flexibility index (Phi) is 5.60. The normalized spacial score (nSPS) is 12.8. The first-order chi connectivity index (χ1) is 11.9. The molecular weight excluding hydrogens is 347 g/mol. The Morgan fingerprint density at radius 1 is 1.23 bits per heavy atom. The summed E-state index contributed by atoms with van der Waals surface area (Å²) in [6, 6.07) is 2.27. The number of hydrogen-bond acceptors (Lipinski definition) is 4. The number of nitrogens with zero attached hydrogens (tertiary/aromatic N) is 4. The molecule has 1 amide bonds. The lowest BCUT2D eigenvalue weighted by molar-refractivity contribution is -0.142. The second-order valence-corrected chi connectivity index (χ2v) is 7.49. The molecule has 2 aromatic rings. The zero-order valence-electron chi connectivity index (χ0n) is 15.6. The van der Waals surface area contributed by atoms with Crippen molar-refractivity contribution in [3.8, 4) is 0 Å². The Labute approximate surface area is 150 Å². The van der Waals surface area contributed by atoms with Gasteiger partial charge in [0.2, 0.25) is 0 Å². The zero-order chi connectivity index (χ0) is 19.7. The number of aromatic nitrogens is 3. The summed E-state index contributed by atoms with van der Waals surface area (Å²) >= 11 is 0. The predicted molar refractivity (Wildman–Crippen MR) is 92.2 cm³/mol. The Hall–Kier alpha value is -2.16. The van der Waals surface area contributed by atoms with E-state index < -0.39 is 23.2 Å². The van der Waals surface area contributed by atoms with Crippen molar-refractivity contribution >= 4 is 11.6 Å². The summed E-state index contributed by atoms with van der Waals surface area (Å²) < 4.78 is 41.0. The van der Waals surface area contributed by atoms with Crippen molar-refractivity contribution in [3.05, 3.63) is 29.2 Å². The molecule has 0 unspecified atom stereocenters. The van der Waals surface area contributed by atoms with Crippen molar-refractivity contribution in [2.45, 2.75) is 38.8 Å². The zero-order valence-corrected chi connectivity index (χ0v) is 15.6. The molecule has 1 N–H and O–H groups in total. The van der Waals surface area contributed by atoms with Gasteiger partial charge < -0.3 is 10.2 Å². The van der Waals surface area contributed by atoms with E-state index in [0.29, 0.717) is 11.1 Å². The highest BCUT2D eigenvalue weighted by Crippen LogP contribution is 2.32. The maximum atomic E-state index is 13.4. The SMILES string of the molecule is CN(C)CCCNC(=O)c1cc2nc(C(C)(C)C)cc(C(F)(F)F)n2n1. The third-order valence-electron chi connectivity index (χ3n) is 3.79. The van der Waals surface area contributed by atoms with E-state index in [9.17, 15) is 18.0 Å². The minimum atomic E-state index is -4.60. The van der Waals surface area contributed by atoms with Crippen LogP contribution in [0.5, 0.6) is 0 Å². The number of rotatable bonds is 5. The molecule has 2 aromatic heterocycles. The average molecular weight is 371 g/mol. The van der Waals surface area contributed by atoms with Gasteiger partial charge in [0.25, 0.3) is 5.91 Å². The van der Waals surface area contributed by atoms with Crippen LogP contribution in [0.25, 0.3) is 5.65 Å². The van der Waals surface area contributed by atoms with Crippen LogP contribution in [-0.2, 0) is 11.6 Å². The number of halogens is 3. The monoisotopic (exact) mass is 371 g/mol. The van der Waals surface area contributed by atoms with Gasteiger partial charge in [0.05, 0.1) is 5.69 Å². The molecule has 26 heavy (non-hydrogen) atoms. The van der Waals surface area contributed by atoms with Gasteiger partial charge in [-0.15, -0.1) is 0 Å². The summed E-state index contributed by atoms with van der Waals surface area (Å²) in [6.07, 6.45) is -3.88. The molecule has 0 aliphatic carbocycles. The van der Waals surface area contributed by atoms with Gasteiger partial charge in [-0.3, -0.25) is 4.79 Å². The van der Waals surface area contributed by atoms with E-state index in [2.05, 4.69) is 15.4 Å². The molecule has 0 spiro atoms. The van der Waals surface area contributed by atoms with Crippen molar-refractivity contribution in [2.24, 2.45) is 0 Å². The van der Waals surface area contributed by atoms with E-state index in [4.69, 9.17) is 0 Å². The highest BCUT2D eigenvalue weighted by molar-refractivity contribution is 5.93. The quantitative estimate of drug-likeness (QED) is 0.821. The van der Waals surface area contributed by atoms with Crippen molar-refractivity contribution in [2.75, 3.05) is 27.2 Å². The van der Waals surface area contributed by atoms with Gasteiger partial charge in [0, 0.05) is 18.0 Å². The predicted octanol–water partition coefficient (Wildman–Crippen LogP) is 2.73. The van der Waals surface area contributed by atoms with Crippen molar-refractivity contribution in [1.82, 2.24) is 24.8 Å². The number of carbonyl (C=O) groups excluding carboxylic acids is 1. The third kappa shape index (κ3) is 4.72. The van der Waals surface area contributed by atoms with E-state index in [1.54, 1.807) is 20.8 Å². The van der Waals surface area contributed by atoms with Gasteiger partial charge in [0.15, 0.2) is 11.3 Å². The van der Waals surface area contributed by atoms with Crippen molar-refractivity contribution in [3.63, 3.8) is 0 Å². The number of carbonyl (C=O) groups is 1. The topological polar surface area (TPSA) is 62.5 Å². The lowest BCUT2D eigenvalue weighted by Crippen LogP contribution is -2.27. The summed E-state index contributed by atoms with van der Waals surface area (Å²) in [6.45, 7) is 6.54. The maximum absolute atomic E-state index is 13.4. The van der Waals surface area contributed by atoms with Crippen LogP contribution in [0.1, 0.15) is 49.1 Å². The second-order valence-electron chi connectivity index (χ2n) is 7.49. The van der Waals surface area contributed by atoms with Crippen LogP contribution < -0.4 is 5.32 Å². The largest absolute Gasteiger partial charge is 0.433 e. The molecular formula is C17H24F3N5O. The molecule has 144 valence electrons. The van der Waals surface area contributed by atoms with Crippen LogP contribution in [0.4, 0.5) is 13.2 Å². The van der Waals surface area contributed by atoms with Crippen molar-refractivity contribution < 1.29 is 18.0 Å². The molecule has 0 aromatic carbocycles. The summed E-state index contributed by atoms with van der Waals surface area (Å²) in [5.74, 6) is -0.514. The van der Waals surface area contributed by atoms with Crippen molar-refractivity contribution in [1.29, 1.82) is 0 Å². The van der Waals surface area contributed by atoms with Gasteiger partial charge in [-0.05, 0) is 33.1 Å². The van der Waals surface area contributed by atoms with E-state index >= 15 is 0 Å². The number of nitrogens with one attached hydrogen (secondary N) is 1. The molecule has 0 saturated carbocycles. The fourth-order valence-electron chi connectivity index (χ4n) is 2.36. The minimum absolute atomic E-state index is 0.00296. The Morgan fingerprint density at radius 3 is 2.42 bits per heavy atom. The van der Waals surface area contributed by atoms with Crippen LogP contribution in [0, 0.1) is 0 Å². The molecule has 6 nitrogen and oxygen atoms in total. The number of fused-ring (bicyclic) bond motifs is 1. The summed E-state index contributed by atoms with van der Waals surface area (Å²) in [5, 5.41) is 6.50. The maximum Gasteiger partial charge on any atom is 0.433 e. The van der Waals surface area contributed by atoms with Gasteiger partial charge in [0.1, 0.15) is 5.69 Å². The number of hydrogen-bond donors (Lipinski definition) is 1. The minimum Gasteiger partial charge on any atom is -0.351 e. The second kappa shape index (κ2) is 7.22. The average Bonchev–Trinajstić information content (AvgIpc) is 2.92. The van der Waals surface area contributed by atoms with Gasteiger partial charge in [-0.25, -0.2) is 9.50 Å². The summed E-state index contributed by atoms with van der Waals surface area (Å²) in [5.41, 5.74) is -1.31. The number of alkyl halides is 3. The molecule has 2 rings (SSSR count). The van der Waals surface area contributed by atoms with Gasteiger partial charge >= 0.3 is 6.18 Å². The first kappa shape index (κ1) is 20.2. The Bertz CT molecular complexity index is 790. The molecule has 0 saturated heterocycles. The molecule has 0 radical (unpaired) electrons. The highest BCUT2D eigenvalue weighted by Gasteiger charge is 2.36. The van der Waals surface area contributed by atoms with Crippen LogP contribution in [-0.4, -0.2) is 52.6 Å². The Morgan fingerprint density at radius 2 is 1.88 bits per heavy atom. The fourth-order valence-corrected chi connectivity index (χ4v) is 2.36. The smallest absolute Gasteiger partial charge is 0.351 e. The van der Waals surface area contributed by atoms with Crippen LogP contribution in [0.2, 0.25) is 0 Å². The van der Waals surface area contributed by atoms with Crippen LogP contribution in [0.15, 0.2) is 12.1 Å². The Balaban J connectivity index is 2.35. The third-order valence-corrected chi connectivity index (χ3v) is 3.79.